The number of esters is 1. The lowest BCUT2D eigenvalue weighted by atomic mass is 9.81. The number of aromatic amines is 1. The number of carbonyl (C=O) groups is 2. The zero-order valence-corrected chi connectivity index (χ0v) is 20.9. The standard InChI is InChI=1S/C29H36N4O3/c1-2-36-27(34)17-22-9-6-10-24(15-22)26-19-31-28(32-26)25(16-20-7-4-3-5-8-20)33-29(35)23-13-11-21(18-30)12-14-23/h3-10,15,19,21,23,25H,2,11-14,16-18,30H2,1H3,(H,31,32)(H,33,35)/t21?,23?,25-/m0/s1. The van der Waals surface area contributed by atoms with Crippen LogP contribution in [0, 0.1) is 11.8 Å². The zero-order chi connectivity index (χ0) is 25.3. The Morgan fingerprint density at radius 2 is 1.83 bits per heavy atom. The molecule has 0 aliphatic heterocycles. The molecule has 1 aliphatic rings. The number of rotatable bonds is 10. The van der Waals surface area contributed by atoms with Crippen molar-refractivity contribution in [3.05, 3.63) is 77.7 Å². The van der Waals surface area contributed by atoms with Gasteiger partial charge in [0.15, 0.2) is 0 Å². The molecule has 1 saturated carbocycles. The van der Waals surface area contributed by atoms with Crippen LogP contribution in [0.3, 0.4) is 0 Å². The van der Waals surface area contributed by atoms with Gasteiger partial charge in [0.05, 0.1) is 31.0 Å². The summed E-state index contributed by atoms with van der Waals surface area (Å²) in [4.78, 5) is 33.2. The van der Waals surface area contributed by atoms with Crippen LogP contribution in [0.1, 0.15) is 55.6 Å². The highest BCUT2D eigenvalue weighted by molar-refractivity contribution is 5.79. The molecule has 1 amide bonds. The number of aromatic nitrogens is 2. The average molecular weight is 489 g/mol. The smallest absolute Gasteiger partial charge is 0.310 e. The first-order chi connectivity index (χ1) is 17.6. The monoisotopic (exact) mass is 488 g/mol. The Balaban J connectivity index is 1.51. The van der Waals surface area contributed by atoms with Crippen molar-refractivity contribution in [3.8, 4) is 11.3 Å². The van der Waals surface area contributed by atoms with E-state index in [-0.39, 0.29) is 30.3 Å². The largest absolute Gasteiger partial charge is 0.466 e. The van der Waals surface area contributed by atoms with Gasteiger partial charge in [-0.1, -0.05) is 48.5 Å². The molecule has 0 radical (unpaired) electrons. The number of nitrogens with two attached hydrogens (primary N) is 1. The quantitative estimate of drug-likeness (QED) is 0.368. The minimum atomic E-state index is -0.274. The van der Waals surface area contributed by atoms with E-state index >= 15 is 0 Å². The lowest BCUT2D eigenvalue weighted by Crippen LogP contribution is -2.37. The van der Waals surface area contributed by atoms with Gasteiger partial charge in [0.2, 0.25) is 5.91 Å². The highest BCUT2D eigenvalue weighted by Crippen LogP contribution is 2.29. The molecule has 0 saturated heterocycles. The second-order valence-electron chi connectivity index (χ2n) is 9.57. The molecule has 0 unspecified atom stereocenters. The lowest BCUT2D eigenvalue weighted by Gasteiger charge is -2.28. The molecule has 36 heavy (non-hydrogen) atoms. The van der Waals surface area contributed by atoms with Crippen LogP contribution in [-0.2, 0) is 27.2 Å². The molecule has 1 heterocycles. The topological polar surface area (TPSA) is 110 Å². The Labute approximate surface area is 212 Å². The fraction of sp³-hybridized carbons (Fsp3) is 0.414. The zero-order valence-electron chi connectivity index (χ0n) is 20.9. The molecule has 1 aliphatic carbocycles. The number of nitrogens with zero attached hydrogens (tertiary/aromatic N) is 1. The number of ether oxygens (including phenoxy) is 1. The predicted octanol–water partition coefficient (Wildman–Crippen LogP) is 4.35. The third-order valence-electron chi connectivity index (χ3n) is 6.97. The molecule has 0 bridgehead atoms. The van der Waals surface area contributed by atoms with Gasteiger partial charge in [0.25, 0.3) is 0 Å². The molecular weight excluding hydrogens is 452 g/mol. The fourth-order valence-corrected chi connectivity index (χ4v) is 4.90. The van der Waals surface area contributed by atoms with Gasteiger partial charge < -0.3 is 20.8 Å². The molecule has 4 rings (SSSR count). The normalized spacial score (nSPS) is 18.4. The van der Waals surface area contributed by atoms with E-state index in [2.05, 4.69) is 27.4 Å². The van der Waals surface area contributed by atoms with Crippen LogP contribution in [0.15, 0.2) is 60.8 Å². The van der Waals surface area contributed by atoms with Gasteiger partial charge in [-0.2, -0.15) is 0 Å². The highest BCUT2D eigenvalue weighted by Gasteiger charge is 2.28. The minimum absolute atomic E-state index is 0.0139. The summed E-state index contributed by atoms with van der Waals surface area (Å²) in [5, 5.41) is 3.28. The van der Waals surface area contributed by atoms with Crippen molar-refractivity contribution >= 4 is 11.9 Å². The molecule has 1 atom stereocenters. The Kier molecular flexibility index (Phi) is 8.90. The SMILES string of the molecule is CCOC(=O)Cc1cccc(-c2cnc([C@H](Cc3ccccc3)NC(=O)C3CCC(CN)CC3)[nH]2)c1. The van der Waals surface area contributed by atoms with E-state index < -0.39 is 0 Å². The number of imidazole rings is 1. The lowest BCUT2D eigenvalue weighted by molar-refractivity contribution is -0.142. The van der Waals surface area contributed by atoms with Crippen LogP contribution in [0.5, 0.6) is 0 Å². The van der Waals surface area contributed by atoms with Gasteiger partial charge in [-0.25, -0.2) is 4.98 Å². The maximum absolute atomic E-state index is 13.2. The highest BCUT2D eigenvalue weighted by atomic mass is 16.5. The maximum atomic E-state index is 13.2. The number of hydrogen-bond acceptors (Lipinski definition) is 5. The summed E-state index contributed by atoms with van der Waals surface area (Å²) < 4.78 is 5.08. The van der Waals surface area contributed by atoms with E-state index in [4.69, 9.17) is 10.5 Å². The molecular formula is C29H36N4O3. The molecule has 1 aromatic heterocycles. The summed E-state index contributed by atoms with van der Waals surface area (Å²) >= 11 is 0. The first-order valence-corrected chi connectivity index (χ1v) is 12.9. The van der Waals surface area contributed by atoms with Crippen LogP contribution in [0.2, 0.25) is 0 Å². The summed E-state index contributed by atoms with van der Waals surface area (Å²) in [5.74, 6) is 1.10. The van der Waals surface area contributed by atoms with E-state index in [1.165, 1.54) is 0 Å². The van der Waals surface area contributed by atoms with Gasteiger partial charge in [-0.05, 0) is 74.2 Å². The van der Waals surface area contributed by atoms with E-state index in [0.717, 1.165) is 48.1 Å². The van der Waals surface area contributed by atoms with E-state index in [1.54, 1.807) is 13.1 Å². The maximum Gasteiger partial charge on any atom is 0.310 e. The molecule has 3 aromatic rings. The van der Waals surface area contributed by atoms with Crippen LogP contribution in [0.25, 0.3) is 11.3 Å². The van der Waals surface area contributed by atoms with Crippen molar-refractivity contribution in [2.45, 2.75) is 51.5 Å². The van der Waals surface area contributed by atoms with Crippen molar-refractivity contribution in [1.82, 2.24) is 15.3 Å². The van der Waals surface area contributed by atoms with Crippen molar-refractivity contribution in [3.63, 3.8) is 0 Å². The van der Waals surface area contributed by atoms with Crippen LogP contribution in [0.4, 0.5) is 0 Å². The van der Waals surface area contributed by atoms with Gasteiger partial charge in [0, 0.05) is 5.92 Å². The fourth-order valence-electron chi connectivity index (χ4n) is 4.90. The Morgan fingerprint density at radius 3 is 2.56 bits per heavy atom. The molecule has 190 valence electrons. The van der Waals surface area contributed by atoms with Crippen molar-refractivity contribution in [2.24, 2.45) is 17.6 Å². The Hall–Kier alpha value is -3.45. The van der Waals surface area contributed by atoms with E-state index in [9.17, 15) is 9.59 Å². The summed E-state index contributed by atoms with van der Waals surface area (Å²) in [6.07, 6.45) is 6.42. The van der Waals surface area contributed by atoms with E-state index in [0.29, 0.717) is 31.3 Å². The van der Waals surface area contributed by atoms with Crippen molar-refractivity contribution < 1.29 is 14.3 Å². The van der Waals surface area contributed by atoms with Crippen molar-refractivity contribution in [2.75, 3.05) is 13.2 Å². The summed E-state index contributed by atoms with van der Waals surface area (Å²) in [6, 6.07) is 17.6. The van der Waals surface area contributed by atoms with Gasteiger partial charge >= 0.3 is 5.97 Å². The molecule has 4 N–H and O–H groups in total. The number of benzene rings is 2. The number of H-pyrrole nitrogens is 1. The Morgan fingerprint density at radius 1 is 1.08 bits per heavy atom. The molecule has 2 aromatic carbocycles. The summed E-state index contributed by atoms with van der Waals surface area (Å²) in [7, 11) is 0. The summed E-state index contributed by atoms with van der Waals surface area (Å²) in [5.41, 5.74) is 9.61. The second-order valence-corrected chi connectivity index (χ2v) is 9.57. The first-order valence-electron chi connectivity index (χ1n) is 12.9. The third kappa shape index (κ3) is 6.82. The molecule has 0 spiro atoms. The first kappa shape index (κ1) is 25.6. The Bertz CT molecular complexity index is 1140. The predicted molar refractivity (Wildman–Crippen MR) is 140 cm³/mol. The van der Waals surface area contributed by atoms with E-state index in [1.807, 2.05) is 42.5 Å². The van der Waals surface area contributed by atoms with Gasteiger partial charge in [-0.15, -0.1) is 0 Å². The molecule has 7 nitrogen and oxygen atoms in total. The van der Waals surface area contributed by atoms with Gasteiger partial charge in [0.1, 0.15) is 5.82 Å². The van der Waals surface area contributed by atoms with Crippen molar-refractivity contribution in [1.29, 1.82) is 0 Å². The summed E-state index contributed by atoms with van der Waals surface area (Å²) in [6.45, 7) is 2.86. The molecule has 7 heteroatoms. The van der Waals surface area contributed by atoms with Crippen LogP contribution < -0.4 is 11.1 Å². The van der Waals surface area contributed by atoms with Crippen LogP contribution >= 0.6 is 0 Å². The molecule has 1 fully saturated rings. The number of carbonyl (C=O) groups excluding carboxylic acids is 2. The second kappa shape index (κ2) is 12.5. The average Bonchev–Trinajstić information content (AvgIpc) is 3.40. The number of nitrogens with one attached hydrogen (secondary N) is 2. The number of amides is 1. The van der Waals surface area contributed by atoms with Gasteiger partial charge in [-0.3, -0.25) is 9.59 Å². The number of hydrogen-bond donors (Lipinski definition) is 3. The third-order valence-corrected chi connectivity index (χ3v) is 6.97. The van der Waals surface area contributed by atoms with Crippen LogP contribution in [-0.4, -0.2) is 35.0 Å². The minimum Gasteiger partial charge on any atom is -0.466 e.